The van der Waals surface area contributed by atoms with Crippen molar-refractivity contribution >= 4 is 11.9 Å². The van der Waals surface area contributed by atoms with Crippen LogP contribution in [0.25, 0.3) is 0 Å². The summed E-state index contributed by atoms with van der Waals surface area (Å²) >= 11 is 0. The first-order valence-corrected chi connectivity index (χ1v) is 3.57. The number of hydrogen-bond acceptors (Lipinski definition) is 4. The van der Waals surface area contributed by atoms with Gasteiger partial charge >= 0.3 is 11.9 Å². The number of hydrogen-bond donors (Lipinski definition) is 0. The normalized spacial score (nSPS) is 24.8. The minimum absolute atomic E-state index is 0.0852. The highest BCUT2D eigenvalue weighted by Crippen LogP contribution is 2.12. The van der Waals surface area contributed by atoms with E-state index in [4.69, 9.17) is 9.47 Å². The van der Waals surface area contributed by atoms with E-state index < -0.39 is 17.5 Å². The molecule has 4 heteroatoms. The Kier molecular flexibility index (Phi) is 2.17. The van der Waals surface area contributed by atoms with Crippen LogP contribution in [0.15, 0.2) is 12.2 Å². The second kappa shape index (κ2) is 2.97. The van der Waals surface area contributed by atoms with Gasteiger partial charge in [-0.2, -0.15) is 0 Å². The smallest absolute Gasteiger partial charge is 0.331 e. The van der Waals surface area contributed by atoms with Gasteiger partial charge in [0.2, 0.25) is 0 Å². The highest BCUT2D eigenvalue weighted by molar-refractivity contribution is 5.92. The van der Waals surface area contributed by atoms with Gasteiger partial charge in [0.1, 0.15) is 12.2 Å². The van der Waals surface area contributed by atoms with Crippen molar-refractivity contribution in [1.29, 1.82) is 0 Å². The fraction of sp³-hybridized carbons (Fsp3) is 0.500. The van der Waals surface area contributed by atoms with Crippen molar-refractivity contribution in [2.75, 3.05) is 6.61 Å². The molecule has 0 amide bonds. The van der Waals surface area contributed by atoms with Gasteiger partial charge in [-0.1, -0.05) is 0 Å². The standard InChI is InChI=1S/C8H10O4/c1-8(2)5-11-6(9)3-4-7(10)12-8/h3-4H,5H2,1-2H3/b4-3-. The van der Waals surface area contributed by atoms with Crippen LogP contribution in [-0.2, 0) is 19.1 Å². The van der Waals surface area contributed by atoms with Crippen LogP contribution in [-0.4, -0.2) is 24.1 Å². The van der Waals surface area contributed by atoms with Gasteiger partial charge in [-0.05, 0) is 13.8 Å². The Labute approximate surface area is 70.1 Å². The van der Waals surface area contributed by atoms with Crippen LogP contribution in [0.4, 0.5) is 0 Å². The van der Waals surface area contributed by atoms with E-state index in [0.717, 1.165) is 12.2 Å². The van der Waals surface area contributed by atoms with E-state index in [1.165, 1.54) is 0 Å². The lowest BCUT2D eigenvalue weighted by molar-refractivity contribution is -0.163. The molecule has 0 saturated heterocycles. The van der Waals surface area contributed by atoms with Crippen LogP contribution >= 0.6 is 0 Å². The molecule has 12 heavy (non-hydrogen) atoms. The van der Waals surface area contributed by atoms with E-state index in [-0.39, 0.29) is 6.61 Å². The number of carbonyl (C=O) groups excluding carboxylic acids is 2. The average Bonchev–Trinajstić information content (AvgIpc) is 1.95. The molecule has 0 aliphatic carbocycles. The minimum Gasteiger partial charge on any atom is -0.458 e. The average molecular weight is 170 g/mol. The molecule has 0 spiro atoms. The van der Waals surface area contributed by atoms with Gasteiger partial charge in [0, 0.05) is 12.2 Å². The third-order valence-corrected chi connectivity index (χ3v) is 1.29. The maximum absolute atomic E-state index is 10.9. The van der Waals surface area contributed by atoms with Crippen molar-refractivity contribution in [2.24, 2.45) is 0 Å². The molecule has 1 heterocycles. The van der Waals surface area contributed by atoms with Gasteiger partial charge in [-0.25, -0.2) is 9.59 Å². The fourth-order valence-electron chi connectivity index (χ4n) is 0.765. The lowest BCUT2D eigenvalue weighted by Crippen LogP contribution is -2.35. The Morgan fingerprint density at radius 3 is 2.50 bits per heavy atom. The maximum Gasteiger partial charge on any atom is 0.331 e. The summed E-state index contributed by atoms with van der Waals surface area (Å²) in [5.74, 6) is -1.03. The first-order chi connectivity index (χ1) is 5.49. The molecule has 0 N–H and O–H groups in total. The molecule has 1 rings (SSSR count). The van der Waals surface area contributed by atoms with Crippen LogP contribution in [0.3, 0.4) is 0 Å². The molecule has 1 aliphatic rings. The van der Waals surface area contributed by atoms with Gasteiger partial charge in [0.25, 0.3) is 0 Å². The number of rotatable bonds is 0. The largest absolute Gasteiger partial charge is 0.458 e. The number of esters is 2. The summed E-state index contributed by atoms with van der Waals surface area (Å²) in [4.78, 5) is 21.6. The first kappa shape index (κ1) is 8.77. The zero-order valence-corrected chi connectivity index (χ0v) is 6.99. The molecular formula is C8H10O4. The topological polar surface area (TPSA) is 52.6 Å². The van der Waals surface area contributed by atoms with Crippen molar-refractivity contribution in [1.82, 2.24) is 0 Å². The zero-order chi connectivity index (χ0) is 9.19. The minimum atomic E-state index is -0.739. The highest BCUT2D eigenvalue weighted by Gasteiger charge is 2.25. The molecule has 0 atom stereocenters. The lowest BCUT2D eigenvalue weighted by Gasteiger charge is -2.24. The molecule has 0 aromatic heterocycles. The van der Waals surface area contributed by atoms with Crippen LogP contribution in [0.1, 0.15) is 13.8 Å². The predicted octanol–water partition coefficient (Wildman–Crippen LogP) is 0.421. The Bertz CT molecular complexity index is 239. The third kappa shape index (κ3) is 2.38. The molecule has 0 aromatic carbocycles. The monoisotopic (exact) mass is 170 g/mol. The van der Waals surface area contributed by atoms with E-state index in [1.54, 1.807) is 13.8 Å². The van der Waals surface area contributed by atoms with Crippen molar-refractivity contribution in [3.63, 3.8) is 0 Å². The van der Waals surface area contributed by atoms with Gasteiger partial charge in [0.15, 0.2) is 0 Å². The summed E-state index contributed by atoms with van der Waals surface area (Å²) < 4.78 is 9.67. The Hall–Kier alpha value is -1.32. The van der Waals surface area contributed by atoms with E-state index >= 15 is 0 Å². The SMILES string of the molecule is CC1(C)COC(=O)/C=C\C(=O)O1. The van der Waals surface area contributed by atoms with Crippen LogP contribution in [0.5, 0.6) is 0 Å². The first-order valence-electron chi connectivity index (χ1n) is 3.57. The van der Waals surface area contributed by atoms with E-state index in [1.807, 2.05) is 0 Å². The molecule has 0 unspecified atom stereocenters. The second-order valence-electron chi connectivity index (χ2n) is 3.12. The van der Waals surface area contributed by atoms with Gasteiger partial charge in [0.05, 0.1) is 0 Å². The summed E-state index contributed by atoms with van der Waals surface area (Å²) in [5.41, 5.74) is -0.739. The predicted molar refractivity (Wildman–Crippen MR) is 40.3 cm³/mol. The zero-order valence-electron chi connectivity index (χ0n) is 6.99. The van der Waals surface area contributed by atoms with E-state index in [9.17, 15) is 9.59 Å². The number of carbonyl (C=O) groups is 2. The molecule has 0 radical (unpaired) electrons. The fourth-order valence-corrected chi connectivity index (χ4v) is 0.765. The van der Waals surface area contributed by atoms with Crippen molar-refractivity contribution in [2.45, 2.75) is 19.4 Å². The van der Waals surface area contributed by atoms with E-state index in [2.05, 4.69) is 0 Å². The highest BCUT2D eigenvalue weighted by atomic mass is 16.6. The maximum atomic E-state index is 10.9. The van der Waals surface area contributed by atoms with Crippen LogP contribution in [0, 0.1) is 0 Å². The summed E-state index contributed by atoms with van der Waals surface area (Å²) in [6.07, 6.45) is 2.11. The number of ether oxygens (including phenoxy) is 2. The Morgan fingerprint density at radius 1 is 1.25 bits per heavy atom. The summed E-state index contributed by atoms with van der Waals surface area (Å²) in [6.45, 7) is 3.44. The summed E-state index contributed by atoms with van der Waals surface area (Å²) in [6, 6.07) is 0. The van der Waals surface area contributed by atoms with Crippen LogP contribution in [0.2, 0.25) is 0 Å². The third-order valence-electron chi connectivity index (χ3n) is 1.29. The summed E-state index contributed by atoms with van der Waals surface area (Å²) in [7, 11) is 0. The van der Waals surface area contributed by atoms with Crippen molar-refractivity contribution in [3.8, 4) is 0 Å². The Morgan fingerprint density at radius 2 is 1.83 bits per heavy atom. The molecule has 0 aromatic rings. The lowest BCUT2D eigenvalue weighted by atomic mass is 10.1. The number of cyclic esters (lactones) is 2. The quantitative estimate of drug-likeness (QED) is 0.494. The molecule has 0 bridgehead atoms. The molecular weight excluding hydrogens is 160 g/mol. The summed E-state index contributed by atoms with van der Waals surface area (Å²) in [5, 5.41) is 0. The van der Waals surface area contributed by atoms with Gasteiger partial charge in [-0.3, -0.25) is 0 Å². The van der Waals surface area contributed by atoms with Gasteiger partial charge in [-0.15, -0.1) is 0 Å². The molecule has 1 aliphatic heterocycles. The molecule has 66 valence electrons. The Balaban J connectivity index is 2.77. The van der Waals surface area contributed by atoms with Crippen molar-refractivity contribution < 1.29 is 19.1 Å². The molecule has 4 nitrogen and oxygen atoms in total. The molecule has 0 fully saturated rings. The van der Waals surface area contributed by atoms with Gasteiger partial charge < -0.3 is 9.47 Å². The second-order valence-corrected chi connectivity index (χ2v) is 3.12. The van der Waals surface area contributed by atoms with E-state index in [0.29, 0.717) is 0 Å². The van der Waals surface area contributed by atoms with Crippen molar-refractivity contribution in [3.05, 3.63) is 12.2 Å². The molecule has 0 saturated carbocycles. The van der Waals surface area contributed by atoms with Crippen LogP contribution < -0.4 is 0 Å².